The van der Waals surface area contributed by atoms with Crippen molar-refractivity contribution in [1.82, 2.24) is 19.8 Å². The summed E-state index contributed by atoms with van der Waals surface area (Å²) in [6, 6.07) is 0.406. The van der Waals surface area contributed by atoms with Crippen LogP contribution in [0, 0.1) is 0 Å². The fourth-order valence-electron chi connectivity index (χ4n) is 1.06. The lowest BCUT2D eigenvalue weighted by molar-refractivity contribution is -0.141. The van der Waals surface area contributed by atoms with E-state index in [0.29, 0.717) is 10.6 Å². The van der Waals surface area contributed by atoms with Gasteiger partial charge >= 0.3 is 6.18 Å². The van der Waals surface area contributed by atoms with Crippen molar-refractivity contribution in [2.24, 2.45) is 0 Å². The van der Waals surface area contributed by atoms with E-state index in [1.807, 2.05) is 5.10 Å². The molecular formula is C6H4F3N5O. The van der Waals surface area contributed by atoms with Gasteiger partial charge in [0.2, 0.25) is 17.0 Å². The van der Waals surface area contributed by atoms with E-state index in [4.69, 9.17) is 5.73 Å². The van der Waals surface area contributed by atoms with Gasteiger partial charge in [-0.25, -0.2) is 0 Å². The predicted molar refractivity (Wildman–Crippen MR) is 43.0 cm³/mol. The normalized spacial score (nSPS) is 12.2. The lowest BCUT2D eigenvalue weighted by Gasteiger charge is -2.06. The topological polar surface area (TPSA) is 89.1 Å². The molecule has 80 valence electrons. The number of alkyl halides is 3. The van der Waals surface area contributed by atoms with Crippen LogP contribution in [0.15, 0.2) is 10.9 Å². The zero-order chi connectivity index (χ0) is 11.2. The summed E-state index contributed by atoms with van der Waals surface area (Å²) in [5, 5.41) is 8.49. The molecule has 0 radical (unpaired) electrons. The van der Waals surface area contributed by atoms with Gasteiger partial charge in [-0.05, 0) is 0 Å². The van der Waals surface area contributed by atoms with Gasteiger partial charge in [0.1, 0.15) is 5.69 Å². The van der Waals surface area contributed by atoms with E-state index >= 15 is 0 Å². The van der Waals surface area contributed by atoms with Gasteiger partial charge in [0, 0.05) is 6.07 Å². The van der Waals surface area contributed by atoms with Gasteiger partial charge in [-0.3, -0.25) is 9.89 Å². The summed E-state index contributed by atoms with van der Waals surface area (Å²) in [7, 11) is 0. The third-order valence-corrected chi connectivity index (χ3v) is 1.72. The van der Waals surface area contributed by atoms with E-state index in [1.165, 1.54) is 0 Å². The lowest BCUT2D eigenvalue weighted by atomic mass is 10.4. The van der Waals surface area contributed by atoms with Crippen LogP contribution in [0.25, 0.3) is 5.65 Å². The first kappa shape index (κ1) is 9.49. The molecule has 0 saturated carbocycles. The van der Waals surface area contributed by atoms with Crippen LogP contribution in [-0.2, 0) is 6.18 Å². The van der Waals surface area contributed by atoms with Crippen LogP contribution in [0.3, 0.4) is 0 Å². The Hall–Kier alpha value is -2.06. The Kier molecular flexibility index (Phi) is 1.72. The lowest BCUT2D eigenvalue weighted by Crippen LogP contribution is -2.18. The monoisotopic (exact) mass is 219 g/mol. The molecule has 9 heteroatoms. The molecule has 0 bridgehead atoms. The zero-order valence-corrected chi connectivity index (χ0v) is 7.04. The molecule has 0 aromatic carbocycles. The smallest absolute Gasteiger partial charge is 0.366 e. The summed E-state index contributed by atoms with van der Waals surface area (Å²) in [6.45, 7) is 0. The maximum absolute atomic E-state index is 12.3. The van der Waals surface area contributed by atoms with Gasteiger partial charge < -0.3 is 5.73 Å². The molecule has 0 aliphatic rings. The first-order valence-electron chi connectivity index (χ1n) is 3.71. The van der Waals surface area contributed by atoms with E-state index in [9.17, 15) is 18.0 Å². The quantitative estimate of drug-likeness (QED) is 0.653. The number of hydrogen-bond acceptors (Lipinski definition) is 4. The fourth-order valence-corrected chi connectivity index (χ4v) is 1.06. The van der Waals surface area contributed by atoms with E-state index < -0.39 is 17.3 Å². The van der Waals surface area contributed by atoms with Crippen LogP contribution in [0.4, 0.5) is 19.1 Å². The molecule has 0 saturated heterocycles. The maximum atomic E-state index is 12.3. The average molecular weight is 219 g/mol. The first-order chi connectivity index (χ1) is 6.89. The van der Waals surface area contributed by atoms with Gasteiger partial charge in [0.15, 0.2) is 0 Å². The molecule has 0 aliphatic carbocycles. The molecule has 2 heterocycles. The van der Waals surface area contributed by atoms with Crippen LogP contribution in [-0.4, -0.2) is 19.8 Å². The number of hydrogen-bond donors (Lipinski definition) is 2. The molecule has 3 N–H and O–H groups in total. The standard InChI is InChI=1S/C6H4F3N5O/c7-6(8,9)3-1-2(15)4-11-12-5(10)14(4)13-3/h1,13H,(H2,10,12). The zero-order valence-electron chi connectivity index (χ0n) is 7.04. The SMILES string of the molecule is Nc1nnc2c(=O)cc(C(F)(F)F)[nH]n12. The number of aromatic amines is 1. The number of aromatic nitrogens is 4. The third-order valence-electron chi connectivity index (χ3n) is 1.72. The van der Waals surface area contributed by atoms with Gasteiger partial charge in [-0.15, -0.1) is 10.2 Å². The first-order valence-corrected chi connectivity index (χ1v) is 3.71. The molecule has 0 aliphatic heterocycles. The van der Waals surface area contributed by atoms with Crippen LogP contribution in [0.1, 0.15) is 5.69 Å². The summed E-state index contributed by atoms with van der Waals surface area (Å²) in [4.78, 5) is 11.2. The Labute approximate surface area is 79.5 Å². The van der Waals surface area contributed by atoms with E-state index in [2.05, 4.69) is 10.2 Å². The number of nitrogens with zero attached hydrogens (tertiary/aromatic N) is 3. The molecule has 0 atom stereocenters. The molecule has 0 unspecified atom stereocenters. The summed E-state index contributed by atoms with van der Waals surface area (Å²) in [5.41, 5.74) is 2.83. The number of nitrogens with two attached hydrogens (primary N) is 1. The molecule has 0 fully saturated rings. The highest BCUT2D eigenvalue weighted by Gasteiger charge is 2.33. The van der Waals surface area contributed by atoms with Crippen LogP contribution >= 0.6 is 0 Å². The van der Waals surface area contributed by atoms with Crippen molar-refractivity contribution in [3.05, 3.63) is 22.0 Å². The second-order valence-electron chi connectivity index (χ2n) is 2.75. The number of anilines is 1. The minimum absolute atomic E-state index is 0.277. The molecular weight excluding hydrogens is 215 g/mol. The summed E-state index contributed by atoms with van der Waals surface area (Å²) in [5.74, 6) is -0.312. The van der Waals surface area contributed by atoms with Crippen molar-refractivity contribution >= 4 is 11.6 Å². The minimum atomic E-state index is -4.65. The fraction of sp³-hybridized carbons (Fsp3) is 0.167. The number of H-pyrrole nitrogens is 1. The molecule has 2 rings (SSSR count). The van der Waals surface area contributed by atoms with E-state index in [0.717, 1.165) is 0 Å². The van der Waals surface area contributed by atoms with Crippen molar-refractivity contribution in [3.8, 4) is 0 Å². The Morgan fingerprint density at radius 1 is 1.40 bits per heavy atom. The summed E-state index contributed by atoms with van der Waals surface area (Å²) >= 11 is 0. The third kappa shape index (κ3) is 1.41. The van der Waals surface area contributed by atoms with E-state index in [1.54, 1.807) is 0 Å². The van der Waals surface area contributed by atoms with Gasteiger partial charge in [0.25, 0.3) is 0 Å². The van der Waals surface area contributed by atoms with Crippen molar-refractivity contribution < 1.29 is 13.2 Å². The second kappa shape index (κ2) is 2.72. The van der Waals surface area contributed by atoms with Crippen molar-refractivity contribution in [1.29, 1.82) is 0 Å². The van der Waals surface area contributed by atoms with Crippen molar-refractivity contribution in [3.63, 3.8) is 0 Å². The highest BCUT2D eigenvalue weighted by Crippen LogP contribution is 2.26. The molecule has 0 spiro atoms. The highest BCUT2D eigenvalue weighted by molar-refractivity contribution is 5.41. The Morgan fingerprint density at radius 3 is 2.67 bits per heavy atom. The molecule has 2 aromatic rings. The van der Waals surface area contributed by atoms with Gasteiger partial charge in [0.05, 0.1) is 0 Å². The van der Waals surface area contributed by atoms with E-state index in [-0.39, 0.29) is 11.6 Å². The van der Waals surface area contributed by atoms with Crippen molar-refractivity contribution in [2.45, 2.75) is 6.18 Å². The number of nitrogens with one attached hydrogen (secondary N) is 1. The Balaban J connectivity index is 2.82. The predicted octanol–water partition coefficient (Wildman–Crippen LogP) is 0.0186. The maximum Gasteiger partial charge on any atom is 0.432 e. The minimum Gasteiger partial charge on any atom is -0.366 e. The molecule has 15 heavy (non-hydrogen) atoms. The Morgan fingerprint density at radius 2 is 2.07 bits per heavy atom. The summed E-state index contributed by atoms with van der Waals surface area (Å²) in [6.07, 6.45) is -4.65. The summed E-state index contributed by atoms with van der Waals surface area (Å²) < 4.78 is 37.5. The average Bonchev–Trinajstić information content (AvgIpc) is 2.47. The Bertz CT molecular complexity index is 568. The second-order valence-corrected chi connectivity index (χ2v) is 2.75. The van der Waals surface area contributed by atoms with Crippen LogP contribution in [0.5, 0.6) is 0 Å². The van der Waals surface area contributed by atoms with Crippen molar-refractivity contribution in [2.75, 3.05) is 5.73 Å². The molecule has 6 nitrogen and oxygen atoms in total. The number of fused-ring (bicyclic) bond motifs is 1. The van der Waals surface area contributed by atoms with Crippen LogP contribution < -0.4 is 11.2 Å². The number of nitrogen functional groups attached to an aromatic ring is 1. The molecule has 2 aromatic heterocycles. The van der Waals surface area contributed by atoms with Crippen LogP contribution in [0.2, 0.25) is 0 Å². The largest absolute Gasteiger partial charge is 0.432 e. The number of halogens is 3. The van der Waals surface area contributed by atoms with Gasteiger partial charge in [-0.2, -0.15) is 17.7 Å². The van der Waals surface area contributed by atoms with Gasteiger partial charge in [-0.1, -0.05) is 0 Å². The molecule has 0 amide bonds. The highest BCUT2D eigenvalue weighted by atomic mass is 19.4. The number of rotatable bonds is 0.